The van der Waals surface area contributed by atoms with E-state index >= 15 is 0 Å². The van der Waals surface area contributed by atoms with E-state index in [0.717, 1.165) is 10.0 Å². The van der Waals surface area contributed by atoms with Gasteiger partial charge in [-0.25, -0.2) is 4.39 Å². The Bertz CT molecular complexity index is 640. The maximum Gasteiger partial charge on any atom is 0.256 e. The van der Waals surface area contributed by atoms with E-state index in [1.807, 2.05) is 19.1 Å². The molecule has 0 aliphatic carbocycles. The monoisotopic (exact) mass is 321 g/mol. The molecule has 4 heteroatoms. The molecule has 0 atom stereocenters. The van der Waals surface area contributed by atoms with Gasteiger partial charge in [0.05, 0.1) is 5.56 Å². The number of benzene rings is 2. The summed E-state index contributed by atoms with van der Waals surface area (Å²) in [6.07, 6.45) is 0. The number of aryl methyl sites for hydroxylation is 1. The molecular weight excluding hydrogens is 309 g/mol. The fourth-order valence-corrected chi connectivity index (χ4v) is 2.41. The molecule has 19 heavy (non-hydrogen) atoms. The third-order valence-corrected chi connectivity index (χ3v) is 3.54. The van der Waals surface area contributed by atoms with E-state index in [1.54, 1.807) is 25.1 Å². The molecule has 1 amide bonds. The highest BCUT2D eigenvalue weighted by atomic mass is 79.9. The van der Waals surface area contributed by atoms with Crippen molar-refractivity contribution in [2.75, 3.05) is 5.32 Å². The molecule has 0 aliphatic heterocycles. The molecule has 2 nitrogen and oxygen atoms in total. The van der Waals surface area contributed by atoms with Crippen molar-refractivity contribution in [1.82, 2.24) is 0 Å². The number of rotatable bonds is 2. The summed E-state index contributed by atoms with van der Waals surface area (Å²) in [7, 11) is 0. The van der Waals surface area contributed by atoms with E-state index in [-0.39, 0.29) is 11.7 Å². The van der Waals surface area contributed by atoms with E-state index in [4.69, 9.17) is 0 Å². The Morgan fingerprint density at radius 1 is 1.21 bits per heavy atom. The Hall–Kier alpha value is -1.68. The van der Waals surface area contributed by atoms with Crippen LogP contribution < -0.4 is 5.32 Å². The van der Waals surface area contributed by atoms with E-state index < -0.39 is 0 Å². The van der Waals surface area contributed by atoms with Gasteiger partial charge in [-0.3, -0.25) is 4.79 Å². The Morgan fingerprint density at radius 3 is 2.63 bits per heavy atom. The molecule has 98 valence electrons. The molecular formula is C15H13BrFNO. The SMILES string of the molecule is Cc1ccc(C(=O)Nc2cccc(F)c2C)c(Br)c1. The molecule has 2 aromatic rings. The normalized spacial score (nSPS) is 10.3. The maximum atomic E-state index is 13.4. The third-order valence-electron chi connectivity index (χ3n) is 2.89. The summed E-state index contributed by atoms with van der Waals surface area (Å²) in [4.78, 5) is 12.1. The number of nitrogens with one attached hydrogen (secondary N) is 1. The third kappa shape index (κ3) is 3.01. The lowest BCUT2D eigenvalue weighted by Gasteiger charge is -2.10. The van der Waals surface area contributed by atoms with Crippen molar-refractivity contribution in [2.24, 2.45) is 0 Å². The second-order valence-corrected chi connectivity index (χ2v) is 5.20. The Labute approximate surface area is 119 Å². The topological polar surface area (TPSA) is 29.1 Å². The summed E-state index contributed by atoms with van der Waals surface area (Å²) < 4.78 is 14.1. The first-order valence-electron chi connectivity index (χ1n) is 5.81. The van der Waals surface area contributed by atoms with Gasteiger partial charge in [0, 0.05) is 15.7 Å². The van der Waals surface area contributed by atoms with Gasteiger partial charge in [-0.2, -0.15) is 0 Å². The summed E-state index contributed by atoms with van der Waals surface area (Å²) in [5.74, 6) is -0.596. The van der Waals surface area contributed by atoms with Crippen LogP contribution in [0.4, 0.5) is 10.1 Å². The van der Waals surface area contributed by atoms with E-state index in [0.29, 0.717) is 16.8 Å². The number of halogens is 2. The van der Waals surface area contributed by atoms with Gasteiger partial charge in [-0.05, 0) is 59.6 Å². The van der Waals surface area contributed by atoms with Crippen LogP contribution in [0.2, 0.25) is 0 Å². The predicted molar refractivity (Wildman–Crippen MR) is 78.0 cm³/mol. The Kier molecular flexibility index (Phi) is 4.00. The summed E-state index contributed by atoms with van der Waals surface area (Å²) >= 11 is 3.36. The second kappa shape index (κ2) is 5.53. The van der Waals surface area contributed by atoms with Crippen molar-refractivity contribution in [3.63, 3.8) is 0 Å². The lowest BCUT2D eigenvalue weighted by molar-refractivity contribution is 0.102. The van der Waals surface area contributed by atoms with Crippen molar-refractivity contribution in [3.8, 4) is 0 Å². The zero-order valence-corrected chi connectivity index (χ0v) is 12.2. The average Bonchev–Trinajstić information content (AvgIpc) is 2.34. The zero-order valence-electron chi connectivity index (χ0n) is 10.6. The molecule has 0 aromatic heterocycles. The van der Waals surface area contributed by atoms with Gasteiger partial charge in [-0.15, -0.1) is 0 Å². The van der Waals surface area contributed by atoms with Crippen LogP contribution in [-0.2, 0) is 0 Å². The standard InChI is InChI=1S/C15H13BrFNO/c1-9-6-7-11(12(16)8-9)15(19)18-14-5-3-4-13(17)10(14)2/h3-8H,1-2H3,(H,18,19). The Balaban J connectivity index is 2.28. The highest BCUT2D eigenvalue weighted by Crippen LogP contribution is 2.22. The van der Waals surface area contributed by atoms with Crippen molar-refractivity contribution in [1.29, 1.82) is 0 Å². The van der Waals surface area contributed by atoms with Gasteiger partial charge in [-0.1, -0.05) is 12.1 Å². The van der Waals surface area contributed by atoms with Gasteiger partial charge < -0.3 is 5.32 Å². The van der Waals surface area contributed by atoms with Crippen LogP contribution in [0.15, 0.2) is 40.9 Å². The van der Waals surface area contributed by atoms with Crippen LogP contribution in [0.3, 0.4) is 0 Å². The lowest BCUT2D eigenvalue weighted by Crippen LogP contribution is -2.13. The number of carbonyl (C=O) groups is 1. The number of amides is 1. The van der Waals surface area contributed by atoms with Gasteiger partial charge in [0.2, 0.25) is 0 Å². The number of hydrogen-bond acceptors (Lipinski definition) is 1. The molecule has 0 saturated heterocycles. The van der Waals surface area contributed by atoms with Crippen LogP contribution >= 0.6 is 15.9 Å². The molecule has 2 rings (SSSR count). The minimum absolute atomic E-state index is 0.263. The fourth-order valence-electron chi connectivity index (χ4n) is 1.74. The fraction of sp³-hybridized carbons (Fsp3) is 0.133. The molecule has 0 spiro atoms. The van der Waals surface area contributed by atoms with Gasteiger partial charge in [0.1, 0.15) is 5.82 Å². The summed E-state index contributed by atoms with van der Waals surface area (Å²) in [5, 5.41) is 2.72. The van der Waals surface area contributed by atoms with Crippen molar-refractivity contribution < 1.29 is 9.18 Å². The first-order valence-corrected chi connectivity index (χ1v) is 6.61. The molecule has 2 aromatic carbocycles. The summed E-state index contributed by atoms with van der Waals surface area (Å²) in [6, 6.07) is 10.1. The van der Waals surface area contributed by atoms with Crippen LogP contribution in [0.5, 0.6) is 0 Å². The van der Waals surface area contributed by atoms with Gasteiger partial charge >= 0.3 is 0 Å². The molecule has 0 aliphatic rings. The zero-order chi connectivity index (χ0) is 14.0. The first kappa shape index (κ1) is 13.7. The molecule has 0 bridgehead atoms. The van der Waals surface area contributed by atoms with Crippen LogP contribution in [-0.4, -0.2) is 5.91 Å². The minimum atomic E-state index is -0.333. The van der Waals surface area contributed by atoms with Crippen molar-refractivity contribution in [2.45, 2.75) is 13.8 Å². The predicted octanol–water partition coefficient (Wildman–Crippen LogP) is 4.46. The molecule has 0 heterocycles. The molecule has 0 fully saturated rings. The van der Waals surface area contributed by atoms with E-state index in [1.165, 1.54) is 6.07 Å². The van der Waals surface area contributed by atoms with Gasteiger partial charge in [0.15, 0.2) is 0 Å². The average molecular weight is 322 g/mol. The largest absolute Gasteiger partial charge is 0.322 e. The van der Waals surface area contributed by atoms with Gasteiger partial charge in [0.25, 0.3) is 5.91 Å². The molecule has 0 radical (unpaired) electrons. The van der Waals surface area contributed by atoms with E-state index in [2.05, 4.69) is 21.2 Å². The lowest BCUT2D eigenvalue weighted by atomic mass is 10.1. The van der Waals surface area contributed by atoms with Crippen LogP contribution in [0, 0.1) is 19.7 Å². The number of hydrogen-bond donors (Lipinski definition) is 1. The van der Waals surface area contributed by atoms with Crippen molar-refractivity contribution in [3.05, 3.63) is 63.4 Å². The van der Waals surface area contributed by atoms with Crippen LogP contribution in [0.1, 0.15) is 21.5 Å². The highest BCUT2D eigenvalue weighted by Gasteiger charge is 2.12. The Morgan fingerprint density at radius 2 is 1.95 bits per heavy atom. The minimum Gasteiger partial charge on any atom is -0.322 e. The number of carbonyl (C=O) groups excluding carboxylic acids is 1. The first-order chi connectivity index (χ1) is 8.99. The summed E-state index contributed by atoms with van der Waals surface area (Å²) in [5.41, 5.74) is 2.50. The molecule has 0 unspecified atom stereocenters. The van der Waals surface area contributed by atoms with E-state index in [9.17, 15) is 9.18 Å². The van der Waals surface area contributed by atoms with Crippen molar-refractivity contribution >= 4 is 27.5 Å². The van der Waals surface area contributed by atoms with Crippen LogP contribution in [0.25, 0.3) is 0 Å². The quantitative estimate of drug-likeness (QED) is 0.869. The highest BCUT2D eigenvalue weighted by molar-refractivity contribution is 9.10. The smallest absolute Gasteiger partial charge is 0.256 e. The second-order valence-electron chi connectivity index (χ2n) is 4.35. The summed E-state index contributed by atoms with van der Waals surface area (Å²) in [6.45, 7) is 3.58. The molecule has 0 saturated carbocycles. The molecule has 1 N–H and O–H groups in total. The maximum absolute atomic E-state index is 13.4. The number of anilines is 1.